The Hall–Kier alpha value is -1.56. The third kappa shape index (κ3) is 15.7. The molecule has 0 fully saturated rings. The van der Waals surface area contributed by atoms with E-state index in [-0.39, 0.29) is 0 Å². The molecule has 0 atom stereocenters. The van der Waals surface area contributed by atoms with Crippen molar-refractivity contribution in [2.75, 3.05) is 0 Å². The molecule has 0 nitrogen and oxygen atoms in total. The Morgan fingerprint density at radius 3 is 1.60 bits per heavy atom. The average Bonchev–Trinajstić information content (AvgIpc) is 2.54. The molecule has 0 aliphatic rings. The molecule has 0 bridgehead atoms. The Balaban J connectivity index is 4.11. The maximum atomic E-state index is 2.41. The maximum Gasteiger partial charge on any atom is -0.0285 e. The summed E-state index contributed by atoms with van der Waals surface area (Å²) in [6.45, 7) is 15.3. The molecule has 0 spiro atoms. The molecule has 0 aromatic heterocycles. The zero-order chi connectivity index (χ0) is 19.1. The maximum absolute atomic E-state index is 2.41. The molecule has 0 aromatic rings. The Kier molecular flexibility index (Phi) is 13.8. The van der Waals surface area contributed by atoms with Gasteiger partial charge in [0, 0.05) is 0 Å². The molecule has 25 heavy (non-hydrogen) atoms. The third-order valence-electron chi connectivity index (χ3n) is 4.35. The molecule has 0 heterocycles. The monoisotopic (exact) mass is 340 g/mol. The van der Waals surface area contributed by atoms with Gasteiger partial charge in [-0.15, -0.1) is 0 Å². The van der Waals surface area contributed by atoms with E-state index in [0.29, 0.717) is 0 Å². The van der Waals surface area contributed by atoms with Gasteiger partial charge in [0.2, 0.25) is 0 Å². The van der Waals surface area contributed by atoms with Crippen molar-refractivity contribution in [3.63, 3.8) is 0 Å². The average molecular weight is 341 g/mol. The summed E-state index contributed by atoms with van der Waals surface area (Å²) in [6.07, 6.45) is 22.8. The fourth-order valence-corrected chi connectivity index (χ4v) is 2.43. The molecule has 0 aromatic carbocycles. The van der Waals surface area contributed by atoms with Crippen molar-refractivity contribution in [2.45, 2.75) is 87.0 Å². The molecule has 0 saturated heterocycles. The number of hydrogen-bond donors (Lipinski definition) is 0. The van der Waals surface area contributed by atoms with E-state index in [1.54, 1.807) is 0 Å². The van der Waals surface area contributed by atoms with Gasteiger partial charge in [0.25, 0.3) is 0 Å². The van der Waals surface area contributed by atoms with Crippen molar-refractivity contribution in [1.82, 2.24) is 0 Å². The van der Waals surface area contributed by atoms with Gasteiger partial charge in [-0.25, -0.2) is 0 Å². The summed E-state index contributed by atoms with van der Waals surface area (Å²) in [6, 6.07) is 0. The molecule has 0 rings (SSSR count). The van der Waals surface area contributed by atoms with Crippen molar-refractivity contribution in [3.8, 4) is 0 Å². The van der Waals surface area contributed by atoms with E-state index >= 15 is 0 Å². The minimum Gasteiger partial charge on any atom is -0.0856 e. The fraction of sp³-hybridized carbons (Fsp3) is 0.520. The quantitative estimate of drug-likeness (QED) is 0.261. The Morgan fingerprint density at radius 2 is 1.12 bits per heavy atom. The van der Waals surface area contributed by atoms with Crippen molar-refractivity contribution in [2.24, 2.45) is 0 Å². The van der Waals surface area contributed by atoms with Gasteiger partial charge in [-0.2, -0.15) is 0 Å². The predicted molar refractivity (Wildman–Crippen MR) is 117 cm³/mol. The van der Waals surface area contributed by atoms with Gasteiger partial charge in [0.15, 0.2) is 0 Å². The lowest BCUT2D eigenvalue weighted by Crippen LogP contribution is -1.82. The van der Waals surface area contributed by atoms with E-state index in [0.717, 1.165) is 12.8 Å². The molecule has 0 N–H and O–H groups in total. The van der Waals surface area contributed by atoms with E-state index < -0.39 is 0 Å². The lowest BCUT2D eigenvalue weighted by Gasteiger charge is -2.02. The summed E-state index contributed by atoms with van der Waals surface area (Å²) in [5.74, 6) is 0. The van der Waals surface area contributed by atoms with Crippen molar-refractivity contribution < 1.29 is 0 Å². The van der Waals surface area contributed by atoms with Crippen LogP contribution in [0.2, 0.25) is 0 Å². The zero-order valence-corrected chi connectivity index (χ0v) is 17.8. The highest BCUT2D eigenvalue weighted by Crippen LogP contribution is 2.13. The van der Waals surface area contributed by atoms with Crippen LogP contribution in [0.3, 0.4) is 0 Å². The smallest absolute Gasteiger partial charge is 0.0285 e. The predicted octanol–water partition coefficient (Wildman–Crippen LogP) is 8.65. The fourth-order valence-electron chi connectivity index (χ4n) is 2.43. The van der Waals surface area contributed by atoms with Crippen LogP contribution in [-0.2, 0) is 0 Å². The van der Waals surface area contributed by atoms with Crippen LogP contribution in [0.1, 0.15) is 87.0 Å². The first kappa shape index (κ1) is 23.4. The van der Waals surface area contributed by atoms with E-state index in [9.17, 15) is 0 Å². The first-order valence-electron chi connectivity index (χ1n) is 9.76. The molecule has 140 valence electrons. The van der Waals surface area contributed by atoms with Crippen LogP contribution in [0.25, 0.3) is 0 Å². The standard InChI is InChI=1S/C25H40/c1-8-22(4)14-10-16-24(6)18-12-20-25(7)19-11-17-23(5)15-9-13-21(2)3/h8,10,13-14,16-17,20H,9,11-12,15,18-19H2,1-7H3. The molecule has 0 aliphatic heterocycles. The normalized spacial score (nSPS) is 14.4. The number of allylic oxidation sites excluding steroid dienone is 12. The summed E-state index contributed by atoms with van der Waals surface area (Å²) in [5.41, 5.74) is 7.21. The van der Waals surface area contributed by atoms with Gasteiger partial charge in [-0.05, 0) is 87.0 Å². The minimum atomic E-state index is 1.15. The van der Waals surface area contributed by atoms with E-state index in [2.05, 4.69) is 91.0 Å². The Labute approximate surface area is 157 Å². The summed E-state index contributed by atoms with van der Waals surface area (Å²) in [5, 5.41) is 0. The van der Waals surface area contributed by atoms with Gasteiger partial charge in [-0.1, -0.05) is 70.4 Å². The Morgan fingerprint density at radius 1 is 0.640 bits per heavy atom. The highest BCUT2D eigenvalue weighted by Gasteiger charge is 1.93. The zero-order valence-electron chi connectivity index (χ0n) is 17.8. The molecular formula is C25H40. The second-order valence-electron chi connectivity index (χ2n) is 7.40. The first-order chi connectivity index (χ1) is 11.8. The number of rotatable bonds is 11. The highest BCUT2D eigenvalue weighted by molar-refractivity contribution is 5.21. The van der Waals surface area contributed by atoms with Gasteiger partial charge in [-0.3, -0.25) is 0 Å². The second kappa shape index (κ2) is 14.8. The molecule has 0 amide bonds. The molecular weight excluding hydrogens is 300 g/mol. The topological polar surface area (TPSA) is 0 Å². The molecule has 0 heteroatoms. The van der Waals surface area contributed by atoms with Crippen LogP contribution in [0.5, 0.6) is 0 Å². The SMILES string of the molecule is CC=C(C)C=CC=C(C)CCC=C(C)CCC=C(C)CCC=C(C)C. The molecule has 0 saturated carbocycles. The largest absolute Gasteiger partial charge is 0.0856 e. The van der Waals surface area contributed by atoms with Crippen LogP contribution in [0, 0.1) is 0 Å². The van der Waals surface area contributed by atoms with Gasteiger partial charge in [0.05, 0.1) is 0 Å². The van der Waals surface area contributed by atoms with Gasteiger partial charge >= 0.3 is 0 Å². The van der Waals surface area contributed by atoms with Crippen LogP contribution in [0.4, 0.5) is 0 Å². The van der Waals surface area contributed by atoms with E-state index in [4.69, 9.17) is 0 Å². The second-order valence-corrected chi connectivity index (χ2v) is 7.40. The van der Waals surface area contributed by atoms with E-state index in [1.807, 2.05) is 0 Å². The van der Waals surface area contributed by atoms with Gasteiger partial charge < -0.3 is 0 Å². The van der Waals surface area contributed by atoms with Gasteiger partial charge in [0.1, 0.15) is 0 Å². The molecule has 0 radical (unpaired) electrons. The number of hydrogen-bond acceptors (Lipinski definition) is 0. The van der Waals surface area contributed by atoms with Crippen molar-refractivity contribution in [1.29, 1.82) is 0 Å². The van der Waals surface area contributed by atoms with Crippen LogP contribution >= 0.6 is 0 Å². The third-order valence-corrected chi connectivity index (χ3v) is 4.35. The first-order valence-corrected chi connectivity index (χ1v) is 9.76. The summed E-state index contributed by atoms with van der Waals surface area (Å²) >= 11 is 0. The van der Waals surface area contributed by atoms with Crippen molar-refractivity contribution in [3.05, 3.63) is 70.4 Å². The van der Waals surface area contributed by atoms with Crippen LogP contribution in [0.15, 0.2) is 70.4 Å². The lowest BCUT2D eigenvalue weighted by molar-refractivity contribution is 0.900. The summed E-state index contributed by atoms with van der Waals surface area (Å²) in [4.78, 5) is 0. The Bertz CT molecular complexity index is 541. The summed E-state index contributed by atoms with van der Waals surface area (Å²) < 4.78 is 0. The highest BCUT2D eigenvalue weighted by atomic mass is 14.0. The van der Waals surface area contributed by atoms with Crippen LogP contribution in [-0.4, -0.2) is 0 Å². The van der Waals surface area contributed by atoms with Crippen LogP contribution < -0.4 is 0 Å². The summed E-state index contributed by atoms with van der Waals surface area (Å²) in [7, 11) is 0. The van der Waals surface area contributed by atoms with E-state index in [1.165, 1.54) is 53.5 Å². The molecule has 0 unspecified atom stereocenters. The lowest BCUT2D eigenvalue weighted by atomic mass is 10.0. The minimum absolute atomic E-state index is 1.15. The molecule has 0 aliphatic carbocycles. The van der Waals surface area contributed by atoms with Crippen molar-refractivity contribution >= 4 is 0 Å².